The molecule has 10 nitrogen and oxygen atoms in total. The second-order valence-corrected chi connectivity index (χ2v) is 10.6. The number of ether oxygens (including phenoxy) is 1. The maximum Gasteiger partial charge on any atom is 0.280 e. The van der Waals surface area contributed by atoms with Crippen molar-refractivity contribution in [2.45, 2.75) is 33.5 Å². The number of amides is 2. The molecule has 0 saturated heterocycles. The van der Waals surface area contributed by atoms with Gasteiger partial charge in [-0.3, -0.25) is 14.3 Å². The number of primary amides is 1. The van der Waals surface area contributed by atoms with Gasteiger partial charge in [0.05, 0.1) is 11.4 Å². The first-order valence-electron chi connectivity index (χ1n) is 12.0. The van der Waals surface area contributed by atoms with Crippen molar-refractivity contribution in [3.63, 3.8) is 0 Å². The van der Waals surface area contributed by atoms with Gasteiger partial charge in [0, 0.05) is 34.4 Å². The van der Waals surface area contributed by atoms with E-state index in [1.807, 2.05) is 19.1 Å². The van der Waals surface area contributed by atoms with E-state index in [-0.39, 0.29) is 27.8 Å². The smallest absolute Gasteiger partial charge is 0.280 e. The molecule has 4 heterocycles. The highest BCUT2D eigenvalue weighted by atomic mass is 79.9. The molecule has 0 radical (unpaired) electrons. The first-order valence-corrected chi connectivity index (χ1v) is 13.6. The number of pyridine rings is 1. The van der Waals surface area contributed by atoms with Gasteiger partial charge < -0.3 is 15.8 Å². The molecule has 5 aromatic rings. The Balaban J connectivity index is 1.52. The third-order valence-corrected chi connectivity index (χ3v) is 7.61. The number of nitrogens with zero attached hydrogens (tertiary/aromatic N) is 5. The summed E-state index contributed by atoms with van der Waals surface area (Å²) in [6, 6.07) is 9.97. The molecule has 1 aromatic carbocycles. The molecule has 0 aliphatic carbocycles. The number of aromatic nitrogens is 5. The van der Waals surface area contributed by atoms with Crippen molar-refractivity contribution in [2.24, 2.45) is 5.73 Å². The molecule has 4 aromatic heterocycles. The number of rotatable bonds is 9. The molecule has 0 saturated carbocycles. The summed E-state index contributed by atoms with van der Waals surface area (Å²) >= 11 is 4.19. The van der Waals surface area contributed by atoms with Gasteiger partial charge >= 0.3 is 0 Å². The van der Waals surface area contributed by atoms with Gasteiger partial charge in [0.2, 0.25) is 0 Å². The Hall–Kier alpha value is -4.17. The maximum absolute atomic E-state index is 13.8. The van der Waals surface area contributed by atoms with Crippen LogP contribution in [0.5, 0.6) is 5.75 Å². The van der Waals surface area contributed by atoms with Crippen LogP contribution in [-0.2, 0) is 13.3 Å². The summed E-state index contributed by atoms with van der Waals surface area (Å²) in [5.74, 6) is -0.850. The monoisotopic (exact) mass is 629 g/mol. The van der Waals surface area contributed by atoms with Crippen LogP contribution in [0.15, 0.2) is 53.3 Å². The molecule has 0 unspecified atom stereocenters. The number of anilines is 1. The maximum atomic E-state index is 13.8. The second kappa shape index (κ2) is 11.1. The zero-order valence-electron chi connectivity index (χ0n) is 21.2. The molecular weight excluding hydrogens is 608 g/mol. The van der Waals surface area contributed by atoms with Gasteiger partial charge in [-0.1, -0.05) is 15.9 Å². The van der Waals surface area contributed by atoms with E-state index in [9.17, 15) is 18.4 Å². The van der Waals surface area contributed by atoms with Crippen molar-refractivity contribution in [3.8, 4) is 16.9 Å². The minimum absolute atomic E-state index is 0.0259. The molecule has 0 bridgehead atoms. The number of fused-ring (bicyclic) bond motifs is 1. The fourth-order valence-electron chi connectivity index (χ4n) is 4.08. The molecule has 40 heavy (non-hydrogen) atoms. The lowest BCUT2D eigenvalue weighted by atomic mass is 10.0. The number of nitrogens with two attached hydrogens (primary N) is 1. The summed E-state index contributed by atoms with van der Waals surface area (Å²) in [7, 11) is 0. The van der Waals surface area contributed by atoms with E-state index in [0.717, 1.165) is 15.8 Å². The van der Waals surface area contributed by atoms with Crippen molar-refractivity contribution < 1.29 is 23.1 Å². The Morgan fingerprint density at radius 2 is 1.90 bits per heavy atom. The van der Waals surface area contributed by atoms with Crippen LogP contribution >= 0.6 is 27.3 Å². The van der Waals surface area contributed by atoms with Gasteiger partial charge in [0.15, 0.2) is 12.4 Å². The van der Waals surface area contributed by atoms with Gasteiger partial charge in [-0.15, -0.1) is 11.3 Å². The lowest BCUT2D eigenvalue weighted by Crippen LogP contribution is -2.17. The second-order valence-electron chi connectivity index (χ2n) is 8.65. The number of carbonyl (C=O) groups is 2. The molecule has 0 atom stereocenters. The number of benzene rings is 1. The summed E-state index contributed by atoms with van der Waals surface area (Å²) in [6.45, 7) is 4.25. The molecule has 0 fully saturated rings. The number of alkyl halides is 2. The Kier molecular flexibility index (Phi) is 7.63. The van der Waals surface area contributed by atoms with Gasteiger partial charge in [-0.05, 0) is 55.8 Å². The molecular formula is C26H22BrF2N7O3S. The number of carbonyl (C=O) groups excluding carboxylic acids is 2. The summed E-state index contributed by atoms with van der Waals surface area (Å²) in [5.41, 5.74) is 6.79. The van der Waals surface area contributed by atoms with Gasteiger partial charge in [-0.25, -0.2) is 18.4 Å². The van der Waals surface area contributed by atoms with Crippen molar-refractivity contribution in [2.75, 3.05) is 5.32 Å². The quantitative estimate of drug-likeness (QED) is 0.213. The van der Waals surface area contributed by atoms with E-state index in [1.54, 1.807) is 36.1 Å². The normalized spacial score (nSPS) is 11.3. The summed E-state index contributed by atoms with van der Waals surface area (Å²) in [6.07, 6.45) is 0.434. The highest BCUT2D eigenvalue weighted by Gasteiger charge is 2.27. The third-order valence-electron chi connectivity index (χ3n) is 5.98. The largest absolute Gasteiger partial charge is 0.471 e. The fourth-order valence-corrected chi connectivity index (χ4v) is 5.36. The SMILES string of the molecule is CCn1cc(-c2cc(C(F)F)nc3sc(C(N)=O)c(NC(=O)c4ccn(COc5ccc(Br)cc5)n4)c23)c(C)n1. The standard InChI is InChI=1S/C26H22BrF2N7O3S/c1-3-35-11-17(13(2)33-35)16-10-19(23(28)29)31-26-20(16)21(22(40-26)24(30)37)32-25(38)18-8-9-36(34-18)12-39-15-6-4-14(27)5-7-15/h4-11,23H,3,12H2,1-2H3,(H2,30,37)(H,32,38). The number of hydrogen-bond acceptors (Lipinski definition) is 7. The fraction of sp³-hybridized carbons (Fsp3) is 0.192. The van der Waals surface area contributed by atoms with Crippen molar-refractivity contribution >= 4 is 55.0 Å². The predicted molar refractivity (Wildman–Crippen MR) is 150 cm³/mol. The highest BCUT2D eigenvalue weighted by molar-refractivity contribution is 9.10. The van der Waals surface area contributed by atoms with Crippen LogP contribution in [0.25, 0.3) is 21.3 Å². The first kappa shape index (κ1) is 27.4. The summed E-state index contributed by atoms with van der Waals surface area (Å²) in [5, 5.41) is 11.7. The Bertz CT molecular complexity index is 1730. The van der Waals surface area contributed by atoms with Crippen molar-refractivity contribution in [3.05, 3.63) is 75.2 Å². The van der Waals surface area contributed by atoms with E-state index < -0.39 is 23.9 Å². The van der Waals surface area contributed by atoms with Gasteiger partial charge in [0.25, 0.3) is 18.2 Å². The van der Waals surface area contributed by atoms with Crippen LogP contribution in [0.1, 0.15) is 44.9 Å². The number of thiophene rings is 1. The van der Waals surface area contributed by atoms with Crippen molar-refractivity contribution in [1.29, 1.82) is 0 Å². The van der Waals surface area contributed by atoms with Gasteiger partial charge in [0.1, 0.15) is 21.2 Å². The number of aryl methyl sites for hydroxylation is 2. The van der Waals surface area contributed by atoms with Gasteiger partial charge in [-0.2, -0.15) is 10.2 Å². The van der Waals surface area contributed by atoms with E-state index in [2.05, 4.69) is 36.4 Å². The van der Waals surface area contributed by atoms with Crippen LogP contribution in [0.2, 0.25) is 0 Å². The van der Waals surface area contributed by atoms with Crippen LogP contribution in [0, 0.1) is 6.92 Å². The zero-order chi connectivity index (χ0) is 28.6. The van der Waals surface area contributed by atoms with E-state index in [0.29, 0.717) is 34.5 Å². The zero-order valence-corrected chi connectivity index (χ0v) is 23.6. The summed E-state index contributed by atoms with van der Waals surface area (Å²) in [4.78, 5) is 29.8. The first-order chi connectivity index (χ1) is 19.1. The average molecular weight is 630 g/mol. The topological polar surface area (TPSA) is 130 Å². The van der Waals surface area contributed by atoms with E-state index in [1.165, 1.54) is 16.8 Å². The Morgan fingerprint density at radius 1 is 1.15 bits per heavy atom. The molecule has 3 N–H and O–H groups in total. The number of halogens is 3. The molecule has 0 aliphatic rings. The number of nitrogens with one attached hydrogen (secondary N) is 1. The molecule has 0 spiro atoms. The summed E-state index contributed by atoms with van der Waals surface area (Å²) < 4.78 is 37.3. The highest BCUT2D eigenvalue weighted by Crippen LogP contribution is 2.43. The third kappa shape index (κ3) is 5.45. The Labute approximate surface area is 238 Å². The van der Waals surface area contributed by atoms with E-state index >= 15 is 0 Å². The lowest BCUT2D eigenvalue weighted by molar-refractivity contribution is 0.100. The predicted octanol–water partition coefficient (Wildman–Crippen LogP) is 5.77. The minimum Gasteiger partial charge on any atom is -0.471 e. The van der Waals surface area contributed by atoms with Crippen molar-refractivity contribution in [1.82, 2.24) is 24.5 Å². The van der Waals surface area contributed by atoms with Crippen LogP contribution in [0.4, 0.5) is 14.5 Å². The molecule has 5 rings (SSSR count). The molecule has 206 valence electrons. The average Bonchev–Trinajstić information content (AvgIpc) is 3.65. The minimum atomic E-state index is -2.86. The number of hydrogen-bond donors (Lipinski definition) is 2. The lowest BCUT2D eigenvalue weighted by Gasteiger charge is -2.10. The van der Waals surface area contributed by atoms with Crippen LogP contribution in [0.3, 0.4) is 0 Å². The molecule has 2 amide bonds. The van der Waals surface area contributed by atoms with Crippen LogP contribution < -0.4 is 15.8 Å². The molecule has 0 aliphatic heterocycles. The van der Waals surface area contributed by atoms with Crippen LogP contribution in [-0.4, -0.2) is 36.4 Å². The van der Waals surface area contributed by atoms with E-state index in [4.69, 9.17) is 10.5 Å². The Morgan fingerprint density at radius 3 is 2.55 bits per heavy atom. The molecule has 14 heteroatoms.